The third-order valence-electron chi connectivity index (χ3n) is 3.13. The van der Waals surface area contributed by atoms with Gasteiger partial charge in [-0.25, -0.2) is 0 Å². The Morgan fingerprint density at radius 2 is 2.40 bits per heavy atom. The molecule has 0 amide bonds. The average molecular weight is 216 g/mol. The van der Waals surface area contributed by atoms with Gasteiger partial charge in [-0.15, -0.1) is 0 Å². The number of carboxylic acids is 1. The molecule has 1 aliphatic rings. The first-order valence-corrected chi connectivity index (χ1v) is 5.24. The molecule has 88 valence electrons. The monoisotopic (exact) mass is 216 g/mol. The van der Waals surface area contributed by atoms with Crippen LogP contribution in [0.3, 0.4) is 0 Å². The van der Waals surface area contributed by atoms with Gasteiger partial charge in [-0.3, -0.25) is 9.69 Å². The number of piperidine rings is 1. The summed E-state index contributed by atoms with van der Waals surface area (Å²) in [6.45, 7) is 3.58. The minimum Gasteiger partial charge on any atom is -0.480 e. The highest BCUT2D eigenvalue weighted by molar-refractivity contribution is 5.73. The predicted octanol–water partition coefficient (Wildman–Crippen LogP) is -0.101. The van der Waals surface area contributed by atoms with Crippen LogP contribution in [0.25, 0.3) is 0 Å². The van der Waals surface area contributed by atoms with Crippen LogP contribution < -0.4 is 5.73 Å². The maximum absolute atomic E-state index is 11.0. The molecular weight excluding hydrogens is 196 g/mol. The van der Waals surface area contributed by atoms with Crippen LogP contribution >= 0.6 is 0 Å². The molecule has 0 aromatic rings. The van der Waals surface area contributed by atoms with E-state index in [1.54, 1.807) is 7.11 Å². The Morgan fingerprint density at radius 1 is 1.73 bits per heavy atom. The van der Waals surface area contributed by atoms with Crippen molar-refractivity contribution in [3.63, 3.8) is 0 Å². The van der Waals surface area contributed by atoms with Crippen LogP contribution in [0.5, 0.6) is 0 Å². The summed E-state index contributed by atoms with van der Waals surface area (Å²) in [5.74, 6) is -0.849. The summed E-state index contributed by atoms with van der Waals surface area (Å²) in [5, 5.41) is 9.01. The summed E-state index contributed by atoms with van der Waals surface area (Å²) in [6, 6.07) is -0.584. The molecule has 0 radical (unpaired) electrons. The van der Waals surface area contributed by atoms with Gasteiger partial charge in [0.2, 0.25) is 0 Å². The number of nitrogens with zero attached hydrogens (tertiary/aromatic N) is 1. The zero-order chi connectivity index (χ0) is 11.5. The van der Waals surface area contributed by atoms with E-state index in [1.807, 2.05) is 11.8 Å². The molecule has 0 spiro atoms. The van der Waals surface area contributed by atoms with Gasteiger partial charge in [0.15, 0.2) is 0 Å². The molecular formula is C10H20N2O3. The maximum Gasteiger partial charge on any atom is 0.322 e. The van der Waals surface area contributed by atoms with Crippen LogP contribution in [0.1, 0.15) is 19.8 Å². The van der Waals surface area contributed by atoms with Crippen molar-refractivity contribution < 1.29 is 14.6 Å². The average Bonchev–Trinajstić information content (AvgIpc) is 2.18. The fourth-order valence-corrected chi connectivity index (χ4v) is 2.08. The molecule has 2 atom stereocenters. The third kappa shape index (κ3) is 2.90. The number of ether oxygens (including phenoxy) is 1. The van der Waals surface area contributed by atoms with Crippen molar-refractivity contribution in [3.05, 3.63) is 0 Å². The number of hydrogen-bond donors (Lipinski definition) is 2. The van der Waals surface area contributed by atoms with Gasteiger partial charge in [-0.1, -0.05) is 0 Å². The Kier molecular flexibility index (Phi) is 4.07. The Labute approximate surface area is 90.2 Å². The second-order valence-corrected chi connectivity index (χ2v) is 4.32. The van der Waals surface area contributed by atoms with Crippen LogP contribution in [0, 0.1) is 0 Å². The van der Waals surface area contributed by atoms with Crippen LogP contribution in [0.15, 0.2) is 0 Å². The van der Waals surface area contributed by atoms with Crippen molar-refractivity contribution >= 4 is 5.97 Å². The number of carbonyl (C=O) groups is 1. The topological polar surface area (TPSA) is 75.8 Å². The summed E-state index contributed by atoms with van der Waals surface area (Å²) in [6.07, 6.45) is 1.92. The number of rotatable bonds is 4. The predicted molar refractivity (Wildman–Crippen MR) is 56.7 cm³/mol. The first-order valence-electron chi connectivity index (χ1n) is 5.24. The number of nitrogens with two attached hydrogens (primary N) is 1. The van der Waals surface area contributed by atoms with E-state index >= 15 is 0 Å². The van der Waals surface area contributed by atoms with Crippen molar-refractivity contribution in [1.29, 1.82) is 0 Å². The van der Waals surface area contributed by atoms with Crippen molar-refractivity contribution in [3.8, 4) is 0 Å². The third-order valence-corrected chi connectivity index (χ3v) is 3.13. The van der Waals surface area contributed by atoms with Gasteiger partial charge in [-0.2, -0.15) is 0 Å². The molecule has 0 aromatic heterocycles. The van der Waals surface area contributed by atoms with Gasteiger partial charge in [-0.05, 0) is 26.3 Å². The van der Waals surface area contributed by atoms with Gasteiger partial charge in [0.25, 0.3) is 0 Å². The van der Waals surface area contributed by atoms with Crippen LogP contribution in [0.2, 0.25) is 0 Å². The molecule has 15 heavy (non-hydrogen) atoms. The highest BCUT2D eigenvalue weighted by Gasteiger charge is 2.35. The summed E-state index contributed by atoms with van der Waals surface area (Å²) in [4.78, 5) is 12.9. The van der Waals surface area contributed by atoms with Crippen LogP contribution in [-0.2, 0) is 9.53 Å². The summed E-state index contributed by atoms with van der Waals surface area (Å²) >= 11 is 0. The molecule has 1 rings (SSSR count). The van der Waals surface area contributed by atoms with Crippen LogP contribution in [-0.4, -0.2) is 54.4 Å². The summed E-state index contributed by atoms with van der Waals surface area (Å²) in [5.41, 5.74) is 5.24. The fraction of sp³-hybridized carbons (Fsp3) is 0.900. The first kappa shape index (κ1) is 12.4. The van der Waals surface area contributed by atoms with E-state index in [2.05, 4.69) is 0 Å². The Morgan fingerprint density at radius 3 is 2.87 bits per heavy atom. The maximum atomic E-state index is 11.0. The number of methoxy groups -OCH3 is 1. The number of carboxylic acid groups (broad SMARTS) is 1. The van der Waals surface area contributed by atoms with Gasteiger partial charge in [0.05, 0.1) is 5.60 Å². The van der Waals surface area contributed by atoms with E-state index in [1.165, 1.54) is 0 Å². The zero-order valence-corrected chi connectivity index (χ0v) is 9.40. The molecule has 1 saturated heterocycles. The lowest BCUT2D eigenvalue weighted by Gasteiger charge is -2.41. The number of likely N-dealkylation sites (tertiary alicyclic amines) is 1. The largest absolute Gasteiger partial charge is 0.480 e. The van der Waals surface area contributed by atoms with E-state index in [9.17, 15) is 4.79 Å². The highest BCUT2D eigenvalue weighted by Crippen LogP contribution is 2.24. The molecule has 1 fully saturated rings. The van der Waals surface area contributed by atoms with E-state index in [4.69, 9.17) is 15.6 Å². The smallest absolute Gasteiger partial charge is 0.322 e. The van der Waals surface area contributed by atoms with E-state index in [-0.39, 0.29) is 12.1 Å². The molecule has 0 bridgehead atoms. The lowest BCUT2D eigenvalue weighted by atomic mass is 9.93. The SMILES string of the molecule is COC1(C)CCCN(C(CN)C(=O)O)C1. The highest BCUT2D eigenvalue weighted by atomic mass is 16.5. The molecule has 3 N–H and O–H groups in total. The van der Waals surface area contributed by atoms with E-state index in [0.717, 1.165) is 19.4 Å². The van der Waals surface area contributed by atoms with Gasteiger partial charge >= 0.3 is 5.97 Å². The zero-order valence-electron chi connectivity index (χ0n) is 9.40. The molecule has 5 nitrogen and oxygen atoms in total. The lowest BCUT2D eigenvalue weighted by molar-refractivity contribution is -0.146. The first-order chi connectivity index (χ1) is 7.02. The number of hydrogen-bond acceptors (Lipinski definition) is 4. The normalized spacial score (nSPS) is 30.1. The Hall–Kier alpha value is -0.650. The summed E-state index contributed by atoms with van der Waals surface area (Å²) in [7, 11) is 1.67. The molecule has 1 aliphatic heterocycles. The van der Waals surface area contributed by atoms with Crippen molar-refractivity contribution in [2.24, 2.45) is 5.73 Å². The van der Waals surface area contributed by atoms with Gasteiger partial charge < -0.3 is 15.6 Å². The molecule has 2 unspecified atom stereocenters. The molecule has 0 aromatic carbocycles. The molecule has 0 saturated carbocycles. The van der Waals surface area contributed by atoms with Crippen molar-refractivity contribution in [1.82, 2.24) is 4.90 Å². The minimum atomic E-state index is -0.849. The number of aliphatic carboxylic acids is 1. The molecule has 1 heterocycles. The quantitative estimate of drug-likeness (QED) is 0.686. The second-order valence-electron chi connectivity index (χ2n) is 4.32. The fourth-order valence-electron chi connectivity index (χ4n) is 2.08. The second kappa shape index (κ2) is 4.92. The minimum absolute atomic E-state index is 0.148. The Balaban J connectivity index is 2.66. The van der Waals surface area contributed by atoms with Crippen molar-refractivity contribution in [2.75, 3.05) is 26.7 Å². The van der Waals surface area contributed by atoms with Gasteiger partial charge in [0.1, 0.15) is 6.04 Å². The molecule has 0 aliphatic carbocycles. The standard InChI is InChI=1S/C10H20N2O3/c1-10(15-2)4-3-5-12(7-10)8(6-11)9(13)14/h8H,3-7,11H2,1-2H3,(H,13,14). The van der Waals surface area contributed by atoms with Gasteiger partial charge in [0, 0.05) is 20.2 Å². The lowest BCUT2D eigenvalue weighted by Crippen LogP contribution is -2.55. The van der Waals surface area contributed by atoms with Crippen LogP contribution in [0.4, 0.5) is 0 Å². The van der Waals surface area contributed by atoms with E-state index < -0.39 is 12.0 Å². The molecule has 5 heteroatoms. The summed E-state index contributed by atoms with van der Waals surface area (Å²) < 4.78 is 5.41. The Bertz CT molecular complexity index is 235. The van der Waals surface area contributed by atoms with Crippen molar-refractivity contribution in [2.45, 2.75) is 31.4 Å². The van der Waals surface area contributed by atoms with E-state index in [0.29, 0.717) is 6.54 Å².